The summed E-state index contributed by atoms with van der Waals surface area (Å²) in [6.07, 6.45) is 0. The van der Waals surface area contributed by atoms with Crippen LogP contribution in [0.15, 0.2) is 18.2 Å². The van der Waals surface area contributed by atoms with E-state index in [1.165, 1.54) is 18.2 Å². The van der Waals surface area contributed by atoms with Crippen LogP contribution in [0.4, 0.5) is 5.69 Å². The number of carbonyl (C=O) groups excluding carboxylic acids is 1. The normalized spacial score (nSPS) is 9.25. The van der Waals surface area contributed by atoms with E-state index in [4.69, 9.17) is 5.26 Å². The fourth-order valence-electron chi connectivity index (χ4n) is 1.18. The van der Waals surface area contributed by atoms with E-state index in [-0.39, 0.29) is 17.8 Å². The highest BCUT2D eigenvalue weighted by molar-refractivity contribution is 5.96. The number of nitrogens with zero attached hydrogens (tertiary/aromatic N) is 2. The van der Waals surface area contributed by atoms with Gasteiger partial charge in [-0.3, -0.25) is 14.9 Å². The Bertz CT molecular complexity index is 477. The molecule has 1 aromatic carbocycles. The van der Waals surface area contributed by atoms with Crippen molar-refractivity contribution in [2.75, 3.05) is 6.54 Å². The van der Waals surface area contributed by atoms with Gasteiger partial charge in [-0.15, -0.1) is 0 Å². The first kappa shape index (κ1) is 11.7. The number of nitro benzene ring substituents is 1. The number of amides is 1. The number of benzene rings is 1. The van der Waals surface area contributed by atoms with Crippen molar-refractivity contribution in [1.82, 2.24) is 5.32 Å². The third-order valence-electron chi connectivity index (χ3n) is 2.00. The molecule has 0 atom stereocenters. The number of hydrogen-bond donors (Lipinski definition) is 1. The second-order valence-corrected chi connectivity index (χ2v) is 3.10. The van der Waals surface area contributed by atoms with E-state index in [0.717, 1.165) is 0 Å². The lowest BCUT2D eigenvalue weighted by Gasteiger charge is -2.04. The van der Waals surface area contributed by atoms with Crippen LogP contribution >= 0.6 is 0 Å². The van der Waals surface area contributed by atoms with Crippen molar-refractivity contribution in [3.63, 3.8) is 0 Å². The van der Waals surface area contributed by atoms with Gasteiger partial charge in [-0.25, -0.2) is 0 Å². The summed E-state index contributed by atoms with van der Waals surface area (Å²) in [5.41, 5.74) is 0.693. The fraction of sp³-hybridized carbons (Fsp3) is 0.200. The Labute approximate surface area is 91.6 Å². The van der Waals surface area contributed by atoms with Crippen LogP contribution in [0.5, 0.6) is 0 Å². The standard InChI is InChI=1S/C10H9N3O3/c1-7-2-3-8(13(15)16)6-9(7)10(14)12-5-4-11/h2-3,6H,5H2,1H3,(H,12,14). The maximum Gasteiger partial charge on any atom is 0.270 e. The van der Waals surface area contributed by atoms with E-state index < -0.39 is 10.8 Å². The number of nitro groups is 1. The molecule has 0 aliphatic rings. The number of nitrogens with one attached hydrogen (secondary N) is 1. The lowest BCUT2D eigenvalue weighted by molar-refractivity contribution is -0.384. The number of hydrogen-bond acceptors (Lipinski definition) is 4. The molecule has 0 aromatic heterocycles. The van der Waals surface area contributed by atoms with Crippen molar-refractivity contribution in [3.05, 3.63) is 39.4 Å². The summed E-state index contributed by atoms with van der Waals surface area (Å²) in [6, 6.07) is 5.79. The van der Waals surface area contributed by atoms with Crippen molar-refractivity contribution in [2.24, 2.45) is 0 Å². The number of rotatable bonds is 3. The molecule has 0 bridgehead atoms. The zero-order chi connectivity index (χ0) is 12.1. The first-order chi connectivity index (χ1) is 7.56. The maximum atomic E-state index is 11.5. The average molecular weight is 219 g/mol. The van der Waals surface area contributed by atoms with Crippen LogP contribution in [0, 0.1) is 28.4 Å². The van der Waals surface area contributed by atoms with Crippen molar-refractivity contribution in [3.8, 4) is 6.07 Å². The summed E-state index contributed by atoms with van der Waals surface area (Å²) in [6.45, 7) is 1.55. The van der Waals surface area contributed by atoms with E-state index >= 15 is 0 Å². The van der Waals surface area contributed by atoms with Gasteiger partial charge >= 0.3 is 0 Å². The number of carbonyl (C=O) groups is 1. The summed E-state index contributed by atoms with van der Waals surface area (Å²) in [4.78, 5) is 21.5. The van der Waals surface area contributed by atoms with Crippen LogP contribution in [-0.2, 0) is 0 Å². The quantitative estimate of drug-likeness (QED) is 0.468. The number of non-ortho nitro benzene ring substituents is 1. The van der Waals surface area contributed by atoms with Crippen LogP contribution in [0.2, 0.25) is 0 Å². The molecule has 0 fully saturated rings. The highest BCUT2D eigenvalue weighted by atomic mass is 16.6. The van der Waals surface area contributed by atoms with Crippen LogP contribution < -0.4 is 5.32 Å². The molecule has 1 aromatic rings. The molecule has 1 N–H and O–H groups in total. The van der Waals surface area contributed by atoms with E-state index in [0.29, 0.717) is 5.56 Å². The van der Waals surface area contributed by atoms with E-state index in [1.807, 2.05) is 0 Å². The number of aryl methyl sites for hydroxylation is 1. The summed E-state index contributed by atoms with van der Waals surface area (Å²) < 4.78 is 0. The van der Waals surface area contributed by atoms with Gasteiger partial charge in [0, 0.05) is 17.7 Å². The fourth-order valence-corrected chi connectivity index (χ4v) is 1.18. The Morgan fingerprint density at radius 2 is 2.31 bits per heavy atom. The second-order valence-electron chi connectivity index (χ2n) is 3.10. The second kappa shape index (κ2) is 4.89. The molecule has 6 nitrogen and oxygen atoms in total. The predicted octanol–water partition coefficient (Wildman–Crippen LogP) is 1.16. The van der Waals surface area contributed by atoms with Crippen molar-refractivity contribution < 1.29 is 9.72 Å². The lowest BCUT2D eigenvalue weighted by Crippen LogP contribution is -2.24. The van der Waals surface area contributed by atoms with Gasteiger partial charge in [0.15, 0.2) is 0 Å². The SMILES string of the molecule is Cc1ccc([N+](=O)[O-])cc1C(=O)NCC#N. The van der Waals surface area contributed by atoms with Gasteiger partial charge in [-0.05, 0) is 12.5 Å². The minimum absolute atomic E-state index is 0.124. The molecule has 0 spiro atoms. The van der Waals surface area contributed by atoms with Crippen molar-refractivity contribution >= 4 is 11.6 Å². The third kappa shape index (κ3) is 2.54. The summed E-state index contributed by atoms with van der Waals surface area (Å²) in [7, 11) is 0. The molecule has 0 saturated heterocycles. The smallest absolute Gasteiger partial charge is 0.270 e. The molecule has 0 unspecified atom stereocenters. The molecule has 6 heteroatoms. The minimum Gasteiger partial charge on any atom is -0.339 e. The van der Waals surface area contributed by atoms with E-state index in [1.54, 1.807) is 13.0 Å². The van der Waals surface area contributed by atoms with Crippen molar-refractivity contribution in [1.29, 1.82) is 5.26 Å². The summed E-state index contributed by atoms with van der Waals surface area (Å²) in [5, 5.41) is 21.2. The van der Waals surface area contributed by atoms with E-state index in [2.05, 4.69) is 5.32 Å². The van der Waals surface area contributed by atoms with Crippen LogP contribution in [0.3, 0.4) is 0 Å². The third-order valence-corrected chi connectivity index (χ3v) is 2.00. The van der Waals surface area contributed by atoms with Gasteiger partial charge in [0.1, 0.15) is 6.54 Å². The molecule has 0 radical (unpaired) electrons. The van der Waals surface area contributed by atoms with Gasteiger partial charge in [-0.2, -0.15) is 5.26 Å². The van der Waals surface area contributed by atoms with Crippen LogP contribution in [0.25, 0.3) is 0 Å². The molecule has 1 amide bonds. The summed E-state index contributed by atoms with van der Waals surface area (Å²) in [5.74, 6) is -0.484. The molecule has 1 rings (SSSR count). The molecule has 16 heavy (non-hydrogen) atoms. The monoisotopic (exact) mass is 219 g/mol. The zero-order valence-electron chi connectivity index (χ0n) is 8.56. The number of nitriles is 1. The topological polar surface area (TPSA) is 96.0 Å². The van der Waals surface area contributed by atoms with E-state index in [9.17, 15) is 14.9 Å². The molecule has 82 valence electrons. The Morgan fingerprint density at radius 1 is 1.62 bits per heavy atom. The van der Waals surface area contributed by atoms with Crippen LogP contribution in [0.1, 0.15) is 15.9 Å². The molecule has 0 aliphatic carbocycles. The minimum atomic E-state index is -0.569. The first-order valence-electron chi connectivity index (χ1n) is 4.46. The molecular weight excluding hydrogens is 210 g/mol. The molecular formula is C10H9N3O3. The van der Waals surface area contributed by atoms with Crippen LogP contribution in [-0.4, -0.2) is 17.4 Å². The van der Waals surface area contributed by atoms with Crippen molar-refractivity contribution in [2.45, 2.75) is 6.92 Å². The van der Waals surface area contributed by atoms with Gasteiger partial charge in [0.05, 0.1) is 11.0 Å². The predicted molar refractivity (Wildman–Crippen MR) is 55.8 cm³/mol. The maximum absolute atomic E-state index is 11.5. The summed E-state index contributed by atoms with van der Waals surface area (Å²) >= 11 is 0. The zero-order valence-corrected chi connectivity index (χ0v) is 8.56. The molecule has 0 saturated carbocycles. The Hall–Kier alpha value is -2.42. The Balaban J connectivity index is 3.03. The Morgan fingerprint density at radius 3 is 2.88 bits per heavy atom. The largest absolute Gasteiger partial charge is 0.339 e. The average Bonchev–Trinajstić information content (AvgIpc) is 2.26. The molecule has 0 aliphatic heterocycles. The highest BCUT2D eigenvalue weighted by Gasteiger charge is 2.13. The first-order valence-corrected chi connectivity index (χ1v) is 4.46. The van der Waals surface area contributed by atoms with Gasteiger partial charge in [-0.1, -0.05) is 6.07 Å². The Kier molecular flexibility index (Phi) is 3.56. The lowest BCUT2D eigenvalue weighted by atomic mass is 10.1. The molecule has 0 heterocycles. The van der Waals surface area contributed by atoms with Gasteiger partial charge < -0.3 is 5.32 Å². The van der Waals surface area contributed by atoms with Gasteiger partial charge in [0.25, 0.3) is 11.6 Å². The van der Waals surface area contributed by atoms with Gasteiger partial charge in [0.2, 0.25) is 0 Å². The highest BCUT2D eigenvalue weighted by Crippen LogP contribution is 2.16.